The molecule has 2 aromatic carbocycles. The van der Waals surface area contributed by atoms with Gasteiger partial charge in [0.2, 0.25) is 5.54 Å². The number of nitrogens with one attached hydrogen (secondary N) is 2. The summed E-state index contributed by atoms with van der Waals surface area (Å²) in [5, 5.41) is 5.80. The molecule has 32 heavy (non-hydrogen) atoms. The Morgan fingerprint density at radius 1 is 1.12 bits per heavy atom. The summed E-state index contributed by atoms with van der Waals surface area (Å²) in [5.74, 6) is 5.50. The third-order valence-electron chi connectivity index (χ3n) is 5.57. The molecule has 8 nitrogen and oxygen atoms in total. The van der Waals surface area contributed by atoms with Gasteiger partial charge in [0.15, 0.2) is 0 Å². The zero-order chi connectivity index (χ0) is 22.3. The number of aromatic nitrogens is 1. The fourth-order valence-corrected chi connectivity index (χ4v) is 3.92. The van der Waals surface area contributed by atoms with Crippen molar-refractivity contribution in [3.05, 3.63) is 71.4 Å². The monoisotopic (exact) mass is 426 g/mol. The van der Waals surface area contributed by atoms with Crippen molar-refractivity contribution in [2.45, 2.75) is 12.1 Å². The van der Waals surface area contributed by atoms with Gasteiger partial charge >= 0.3 is 6.03 Å². The number of rotatable bonds is 3. The number of carbonyl (C=O) groups is 3. The fourth-order valence-electron chi connectivity index (χ4n) is 3.92. The van der Waals surface area contributed by atoms with Crippen molar-refractivity contribution in [1.82, 2.24) is 20.5 Å². The topological polar surface area (TPSA) is 101 Å². The van der Waals surface area contributed by atoms with E-state index in [-0.39, 0.29) is 12.5 Å². The molecule has 158 valence electrons. The Hall–Kier alpha value is -4.38. The number of fused-ring (bicyclic) bond motifs is 2. The molecule has 0 saturated carbocycles. The average Bonchev–Trinajstić information content (AvgIpc) is 3.26. The molecule has 2 aliphatic heterocycles. The predicted octanol–water partition coefficient (Wildman–Crippen LogP) is 1.83. The van der Waals surface area contributed by atoms with Crippen molar-refractivity contribution in [3.8, 4) is 17.6 Å². The molecule has 2 N–H and O–H groups in total. The van der Waals surface area contributed by atoms with Crippen LogP contribution in [0.25, 0.3) is 10.9 Å². The zero-order valence-corrected chi connectivity index (χ0v) is 17.1. The van der Waals surface area contributed by atoms with Gasteiger partial charge < -0.3 is 15.0 Å². The van der Waals surface area contributed by atoms with Crippen LogP contribution in [0.3, 0.4) is 0 Å². The molecule has 1 aromatic heterocycles. The third-order valence-corrected chi connectivity index (χ3v) is 5.57. The molecular formula is C24H18N4O4. The van der Waals surface area contributed by atoms with Crippen LogP contribution in [0.15, 0.2) is 54.6 Å². The van der Waals surface area contributed by atoms with Crippen LogP contribution in [-0.2, 0) is 11.3 Å². The van der Waals surface area contributed by atoms with Crippen molar-refractivity contribution in [1.29, 1.82) is 0 Å². The minimum absolute atomic E-state index is 0.0962. The first-order valence-corrected chi connectivity index (χ1v) is 9.96. The summed E-state index contributed by atoms with van der Waals surface area (Å²) in [6.07, 6.45) is 0. The van der Waals surface area contributed by atoms with E-state index >= 15 is 0 Å². The maximum absolute atomic E-state index is 13.0. The molecule has 5 rings (SSSR count). The summed E-state index contributed by atoms with van der Waals surface area (Å²) < 4.78 is 5.20. The van der Waals surface area contributed by atoms with Crippen LogP contribution in [0.4, 0.5) is 4.79 Å². The van der Waals surface area contributed by atoms with Crippen molar-refractivity contribution in [2.24, 2.45) is 0 Å². The van der Waals surface area contributed by atoms with Crippen LogP contribution in [0.5, 0.6) is 5.75 Å². The molecule has 2 aliphatic rings. The smallest absolute Gasteiger partial charge is 0.323 e. The molecule has 0 spiro atoms. The van der Waals surface area contributed by atoms with Gasteiger partial charge in [-0.25, -0.2) is 9.78 Å². The summed E-state index contributed by atoms with van der Waals surface area (Å²) in [6.45, 7) is 0.208. The van der Waals surface area contributed by atoms with E-state index in [1.807, 2.05) is 36.4 Å². The predicted molar refractivity (Wildman–Crippen MR) is 116 cm³/mol. The van der Waals surface area contributed by atoms with Gasteiger partial charge in [0.1, 0.15) is 11.4 Å². The quantitative estimate of drug-likeness (QED) is 0.492. The van der Waals surface area contributed by atoms with E-state index in [9.17, 15) is 14.4 Å². The molecule has 8 heteroatoms. The Labute approximate surface area is 183 Å². The van der Waals surface area contributed by atoms with Crippen molar-refractivity contribution in [2.75, 3.05) is 13.7 Å². The molecule has 1 saturated heterocycles. The molecule has 4 amide bonds. The molecule has 3 heterocycles. The van der Waals surface area contributed by atoms with Gasteiger partial charge in [-0.05, 0) is 35.7 Å². The molecule has 0 bridgehead atoms. The Bertz CT molecular complexity index is 1360. The number of nitrogens with zero attached hydrogens (tertiary/aromatic N) is 2. The molecule has 0 radical (unpaired) electrons. The average molecular weight is 426 g/mol. The SMILES string of the molecule is COc1ccc2c(c1)C(=O)N(C[C@@]1(C#Cc3ccc4ccccc4n3)NC(=O)NC1=O)C2. The molecule has 0 aliphatic carbocycles. The van der Waals surface area contributed by atoms with Gasteiger partial charge in [-0.3, -0.25) is 14.9 Å². The van der Waals surface area contributed by atoms with Crippen LogP contribution >= 0.6 is 0 Å². The highest BCUT2D eigenvalue weighted by Crippen LogP contribution is 2.28. The van der Waals surface area contributed by atoms with Crippen LogP contribution in [-0.4, -0.2) is 46.9 Å². The Kier molecular flexibility index (Phi) is 4.52. The van der Waals surface area contributed by atoms with E-state index in [0.717, 1.165) is 16.5 Å². The molecule has 0 unspecified atom stereocenters. The van der Waals surface area contributed by atoms with E-state index in [0.29, 0.717) is 23.6 Å². The van der Waals surface area contributed by atoms with Crippen LogP contribution in [0, 0.1) is 11.8 Å². The summed E-state index contributed by atoms with van der Waals surface area (Å²) in [4.78, 5) is 43.7. The van der Waals surface area contributed by atoms with E-state index in [1.165, 1.54) is 12.0 Å². The minimum Gasteiger partial charge on any atom is -0.497 e. The van der Waals surface area contributed by atoms with Gasteiger partial charge in [0, 0.05) is 17.5 Å². The first kappa shape index (κ1) is 19.6. The number of hydrogen-bond donors (Lipinski definition) is 2. The number of benzene rings is 2. The lowest BCUT2D eigenvalue weighted by Gasteiger charge is -2.26. The van der Waals surface area contributed by atoms with E-state index < -0.39 is 17.5 Å². The van der Waals surface area contributed by atoms with Gasteiger partial charge in [0.05, 0.1) is 19.2 Å². The van der Waals surface area contributed by atoms with Crippen molar-refractivity contribution in [3.63, 3.8) is 0 Å². The largest absolute Gasteiger partial charge is 0.497 e. The van der Waals surface area contributed by atoms with Crippen molar-refractivity contribution >= 4 is 28.7 Å². The maximum Gasteiger partial charge on any atom is 0.323 e. The Morgan fingerprint density at radius 3 is 2.75 bits per heavy atom. The summed E-state index contributed by atoms with van der Waals surface area (Å²) in [5.41, 5.74) is 0.977. The second-order valence-electron chi connectivity index (χ2n) is 7.64. The normalized spacial score (nSPS) is 19.3. The number of para-hydroxylation sites is 1. The number of hydrogen-bond acceptors (Lipinski definition) is 5. The molecule has 1 atom stereocenters. The first-order valence-electron chi connectivity index (χ1n) is 9.96. The second kappa shape index (κ2) is 7.39. The second-order valence-corrected chi connectivity index (χ2v) is 7.64. The van der Waals surface area contributed by atoms with Gasteiger partial charge in [-0.2, -0.15) is 0 Å². The molecule has 3 aromatic rings. The highest BCUT2D eigenvalue weighted by atomic mass is 16.5. The number of pyridine rings is 1. The highest BCUT2D eigenvalue weighted by molar-refractivity contribution is 6.10. The third kappa shape index (κ3) is 3.30. The van der Waals surface area contributed by atoms with E-state index in [4.69, 9.17) is 4.74 Å². The number of methoxy groups -OCH3 is 1. The number of amides is 4. The molecular weight excluding hydrogens is 408 g/mol. The Balaban J connectivity index is 1.47. The van der Waals surface area contributed by atoms with Crippen LogP contribution in [0.1, 0.15) is 21.6 Å². The van der Waals surface area contributed by atoms with Crippen LogP contribution in [0.2, 0.25) is 0 Å². The lowest BCUT2D eigenvalue weighted by molar-refractivity contribution is -0.122. The lowest BCUT2D eigenvalue weighted by Crippen LogP contribution is -2.54. The van der Waals surface area contributed by atoms with Gasteiger partial charge in [-0.1, -0.05) is 36.3 Å². The summed E-state index contributed by atoms with van der Waals surface area (Å²) in [6, 6.07) is 15.9. The van der Waals surface area contributed by atoms with E-state index in [1.54, 1.807) is 18.2 Å². The van der Waals surface area contributed by atoms with Crippen molar-refractivity contribution < 1.29 is 19.1 Å². The van der Waals surface area contributed by atoms with E-state index in [2.05, 4.69) is 27.5 Å². The standard InChI is InChI=1S/C24H18N4O4/c1-32-18-9-7-16-13-28(21(29)19(16)12-18)14-24(22(30)26-23(31)27-24)11-10-17-8-6-15-4-2-3-5-20(15)25-17/h2-9,12H,13-14H2,1H3,(H2,26,27,30,31)/t24-/m1/s1. The summed E-state index contributed by atoms with van der Waals surface area (Å²) in [7, 11) is 1.53. The highest BCUT2D eigenvalue weighted by Gasteiger charge is 2.48. The maximum atomic E-state index is 13.0. The fraction of sp³-hybridized carbons (Fsp3) is 0.167. The molecule has 1 fully saturated rings. The zero-order valence-electron chi connectivity index (χ0n) is 17.1. The van der Waals surface area contributed by atoms with Gasteiger partial charge in [-0.15, -0.1) is 0 Å². The minimum atomic E-state index is -1.58. The first-order chi connectivity index (χ1) is 15.5. The number of urea groups is 1. The lowest BCUT2D eigenvalue weighted by atomic mass is 9.99. The van der Waals surface area contributed by atoms with Gasteiger partial charge in [0.25, 0.3) is 11.8 Å². The Morgan fingerprint density at radius 2 is 1.97 bits per heavy atom. The number of imide groups is 1. The summed E-state index contributed by atoms with van der Waals surface area (Å²) >= 11 is 0. The van der Waals surface area contributed by atoms with Crippen LogP contribution < -0.4 is 15.4 Å². The number of ether oxygens (including phenoxy) is 1. The number of carbonyl (C=O) groups excluding carboxylic acids is 3.